The fourth-order valence-electron chi connectivity index (χ4n) is 8.36. The highest BCUT2D eigenvalue weighted by Crippen LogP contribution is 2.51. The molecule has 1 nitrogen and oxygen atoms in total. The van der Waals surface area contributed by atoms with Crippen molar-refractivity contribution >= 4 is 27.8 Å². The number of fused-ring (bicyclic) bond motifs is 5. The van der Waals surface area contributed by atoms with E-state index in [2.05, 4.69) is 170 Å². The summed E-state index contributed by atoms with van der Waals surface area (Å²) in [4.78, 5) is 2.48. The zero-order chi connectivity index (χ0) is 32.2. The number of rotatable bonds is 5. The second-order valence-electron chi connectivity index (χ2n) is 14.0. The van der Waals surface area contributed by atoms with Gasteiger partial charge in [0, 0.05) is 22.4 Å². The van der Waals surface area contributed by atoms with Crippen LogP contribution in [0.25, 0.3) is 44.2 Å². The standard InChI is InChI=1S/C47H39N/c1-47(2)44-22-11-10-20-41(44)42-28-27-38(31-45(42)47)48(37-25-23-34(24-26-37)40-21-12-18-32-15-8-9-19-39(32)40)46-30-36-17-7-6-16-35(36)29-43(46)33-13-4-3-5-14-33/h3-7,10-14,16-18,20-31H,8-9,15,19H2,1-2H3. The molecule has 0 spiro atoms. The first-order chi connectivity index (χ1) is 23.6. The molecule has 0 saturated heterocycles. The molecule has 0 amide bonds. The van der Waals surface area contributed by atoms with Crippen molar-refractivity contribution in [3.8, 4) is 33.4 Å². The predicted octanol–water partition coefficient (Wildman–Crippen LogP) is 12.8. The highest BCUT2D eigenvalue weighted by Gasteiger charge is 2.36. The summed E-state index contributed by atoms with van der Waals surface area (Å²) < 4.78 is 0. The van der Waals surface area contributed by atoms with Gasteiger partial charge < -0.3 is 4.90 Å². The lowest BCUT2D eigenvalue weighted by atomic mass is 9.82. The second-order valence-corrected chi connectivity index (χ2v) is 14.0. The fourth-order valence-corrected chi connectivity index (χ4v) is 8.36. The maximum absolute atomic E-state index is 2.48. The molecular formula is C47H39N. The molecule has 7 aromatic carbocycles. The van der Waals surface area contributed by atoms with Gasteiger partial charge in [0.2, 0.25) is 0 Å². The molecule has 1 heteroatoms. The van der Waals surface area contributed by atoms with E-state index in [9.17, 15) is 0 Å². The van der Waals surface area contributed by atoms with Gasteiger partial charge in [-0.05, 0) is 123 Å². The van der Waals surface area contributed by atoms with E-state index >= 15 is 0 Å². The highest BCUT2D eigenvalue weighted by atomic mass is 15.1. The van der Waals surface area contributed by atoms with Gasteiger partial charge in [0.05, 0.1) is 5.69 Å². The van der Waals surface area contributed by atoms with Gasteiger partial charge >= 0.3 is 0 Å². The average molecular weight is 618 g/mol. The summed E-state index contributed by atoms with van der Waals surface area (Å²) in [6.45, 7) is 4.74. The zero-order valence-corrected chi connectivity index (χ0v) is 27.7. The fraction of sp³-hybridized carbons (Fsp3) is 0.149. The number of hydrogen-bond acceptors (Lipinski definition) is 1. The van der Waals surface area contributed by atoms with Crippen molar-refractivity contribution in [3.05, 3.63) is 174 Å². The first kappa shape index (κ1) is 28.8. The van der Waals surface area contributed by atoms with Crippen molar-refractivity contribution in [2.45, 2.75) is 44.9 Å². The molecule has 0 fully saturated rings. The van der Waals surface area contributed by atoms with Crippen LogP contribution in [0.4, 0.5) is 17.1 Å². The monoisotopic (exact) mass is 617 g/mol. The van der Waals surface area contributed by atoms with Crippen molar-refractivity contribution < 1.29 is 0 Å². The van der Waals surface area contributed by atoms with Gasteiger partial charge in [0.25, 0.3) is 0 Å². The average Bonchev–Trinajstić information content (AvgIpc) is 3.37. The van der Waals surface area contributed by atoms with Crippen LogP contribution in [0.5, 0.6) is 0 Å². The number of anilines is 3. The van der Waals surface area contributed by atoms with Crippen molar-refractivity contribution in [3.63, 3.8) is 0 Å². The predicted molar refractivity (Wildman–Crippen MR) is 204 cm³/mol. The second kappa shape index (κ2) is 11.4. The van der Waals surface area contributed by atoms with Gasteiger partial charge in [0.15, 0.2) is 0 Å². The van der Waals surface area contributed by atoms with Crippen LogP contribution in [-0.4, -0.2) is 0 Å². The third kappa shape index (κ3) is 4.68. The summed E-state index contributed by atoms with van der Waals surface area (Å²) >= 11 is 0. The summed E-state index contributed by atoms with van der Waals surface area (Å²) in [5.74, 6) is 0. The number of aryl methyl sites for hydroxylation is 1. The van der Waals surface area contributed by atoms with Crippen LogP contribution in [0, 0.1) is 0 Å². The van der Waals surface area contributed by atoms with Crippen LogP contribution in [0.15, 0.2) is 152 Å². The maximum atomic E-state index is 2.48. The maximum Gasteiger partial charge on any atom is 0.0546 e. The van der Waals surface area contributed by atoms with Crippen LogP contribution in [0.2, 0.25) is 0 Å². The SMILES string of the molecule is CC1(C)c2ccccc2-c2ccc(N(c3ccc(-c4cccc5c4CCCC5)cc3)c3cc4ccccc4cc3-c3ccccc3)cc21. The molecule has 0 radical (unpaired) electrons. The van der Waals surface area contributed by atoms with Gasteiger partial charge in [-0.3, -0.25) is 0 Å². The molecular weight excluding hydrogens is 579 g/mol. The lowest BCUT2D eigenvalue weighted by molar-refractivity contribution is 0.660. The van der Waals surface area contributed by atoms with E-state index in [4.69, 9.17) is 0 Å². The molecule has 0 heterocycles. The van der Waals surface area contributed by atoms with Gasteiger partial charge in [-0.1, -0.05) is 129 Å². The van der Waals surface area contributed by atoms with Crippen molar-refractivity contribution in [1.82, 2.24) is 0 Å². The van der Waals surface area contributed by atoms with Crippen LogP contribution < -0.4 is 4.90 Å². The molecule has 48 heavy (non-hydrogen) atoms. The Morgan fingerprint density at radius 1 is 0.458 bits per heavy atom. The van der Waals surface area contributed by atoms with Crippen LogP contribution in [0.3, 0.4) is 0 Å². The first-order valence-corrected chi connectivity index (χ1v) is 17.4. The number of benzene rings is 7. The molecule has 232 valence electrons. The summed E-state index contributed by atoms with van der Waals surface area (Å²) in [5, 5.41) is 2.48. The molecule has 0 N–H and O–H groups in total. The molecule has 9 rings (SSSR count). The topological polar surface area (TPSA) is 3.24 Å². The van der Waals surface area contributed by atoms with E-state index in [0.717, 1.165) is 5.69 Å². The summed E-state index contributed by atoms with van der Waals surface area (Å²) in [7, 11) is 0. The summed E-state index contributed by atoms with van der Waals surface area (Å²) in [6, 6.07) is 56.6. The van der Waals surface area contributed by atoms with Crippen molar-refractivity contribution in [1.29, 1.82) is 0 Å². The van der Waals surface area contributed by atoms with Crippen LogP contribution >= 0.6 is 0 Å². The van der Waals surface area contributed by atoms with Gasteiger partial charge in [0.1, 0.15) is 0 Å². The summed E-state index contributed by atoms with van der Waals surface area (Å²) in [6.07, 6.45) is 4.93. The Kier molecular flexibility index (Phi) is 6.83. The van der Waals surface area contributed by atoms with E-state index in [1.54, 1.807) is 0 Å². The van der Waals surface area contributed by atoms with E-state index in [-0.39, 0.29) is 5.41 Å². The highest BCUT2D eigenvalue weighted by molar-refractivity contribution is 5.99. The minimum absolute atomic E-state index is 0.0878. The van der Waals surface area contributed by atoms with Gasteiger partial charge in [-0.25, -0.2) is 0 Å². The Hall–Kier alpha value is -5.40. The van der Waals surface area contributed by atoms with E-state index < -0.39 is 0 Å². The van der Waals surface area contributed by atoms with E-state index in [1.165, 1.54) is 103 Å². The smallest absolute Gasteiger partial charge is 0.0546 e. The molecule has 2 aliphatic rings. The quantitative estimate of drug-likeness (QED) is 0.186. The Morgan fingerprint density at radius 3 is 1.94 bits per heavy atom. The molecule has 0 unspecified atom stereocenters. The van der Waals surface area contributed by atoms with Crippen LogP contribution in [-0.2, 0) is 18.3 Å². The molecule has 0 saturated carbocycles. The van der Waals surface area contributed by atoms with E-state index in [1.807, 2.05) is 0 Å². The Morgan fingerprint density at radius 2 is 1.10 bits per heavy atom. The normalized spacial score (nSPS) is 14.3. The zero-order valence-electron chi connectivity index (χ0n) is 27.7. The third-order valence-corrected chi connectivity index (χ3v) is 10.8. The lowest BCUT2D eigenvalue weighted by Gasteiger charge is -2.30. The van der Waals surface area contributed by atoms with Crippen molar-refractivity contribution in [2.75, 3.05) is 4.90 Å². The third-order valence-electron chi connectivity index (χ3n) is 10.8. The van der Waals surface area contributed by atoms with Crippen LogP contribution in [0.1, 0.15) is 48.9 Å². The number of hydrogen-bond donors (Lipinski definition) is 0. The molecule has 0 bridgehead atoms. The minimum atomic E-state index is -0.0878. The first-order valence-electron chi connectivity index (χ1n) is 17.4. The Bertz CT molecular complexity index is 2310. The Labute approximate surface area is 284 Å². The van der Waals surface area contributed by atoms with E-state index in [0.29, 0.717) is 0 Å². The minimum Gasteiger partial charge on any atom is -0.310 e. The Balaban J connectivity index is 1.26. The molecule has 7 aromatic rings. The molecule has 0 atom stereocenters. The number of nitrogens with zero attached hydrogens (tertiary/aromatic N) is 1. The largest absolute Gasteiger partial charge is 0.310 e. The summed E-state index contributed by atoms with van der Waals surface area (Å²) in [5.41, 5.74) is 17.1. The molecule has 0 aliphatic heterocycles. The molecule has 0 aromatic heterocycles. The van der Waals surface area contributed by atoms with Crippen molar-refractivity contribution in [2.24, 2.45) is 0 Å². The lowest BCUT2D eigenvalue weighted by Crippen LogP contribution is -2.17. The molecule has 2 aliphatic carbocycles. The van der Waals surface area contributed by atoms with Gasteiger partial charge in [-0.15, -0.1) is 0 Å². The van der Waals surface area contributed by atoms with Gasteiger partial charge in [-0.2, -0.15) is 0 Å².